The van der Waals surface area contributed by atoms with Crippen molar-refractivity contribution in [1.82, 2.24) is 4.98 Å². The molecule has 54 valence electrons. The van der Waals surface area contributed by atoms with E-state index in [2.05, 4.69) is 11.1 Å². The summed E-state index contributed by atoms with van der Waals surface area (Å²) in [6, 6.07) is 2.10. The standard InChI is InChI=1S/C8H12N2/c1-7-4-8(10(2)3)6-9-5-7/h4-6H,1-3H3. The van der Waals surface area contributed by atoms with E-state index in [-0.39, 0.29) is 0 Å². The van der Waals surface area contributed by atoms with E-state index in [1.54, 1.807) is 0 Å². The molecule has 0 aromatic carbocycles. The molecule has 0 spiro atoms. The summed E-state index contributed by atoms with van der Waals surface area (Å²) in [6.07, 6.45) is 3.71. The van der Waals surface area contributed by atoms with E-state index >= 15 is 0 Å². The predicted molar refractivity (Wildman–Crippen MR) is 43.3 cm³/mol. The molecule has 1 aromatic rings. The van der Waals surface area contributed by atoms with Crippen molar-refractivity contribution < 1.29 is 0 Å². The Balaban J connectivity index is 2.96. The van der Waals surface area contributed by atoms with Gasteiger partial charge in [-0.2, -0.15) is 0 Å². The summed E-state index contributed by atoms with van der Waals surface area (Å²) in [4.78, 5) is 6.11. The van der Waals surface area contributed by atoms with Crippen molar-refractivity contribution in [3.63, 3.8) is 0 Å². The van der Waals surface area contributed by atoms with Crippen LogP contribution in [0.1, 0.15) is 5.56 Å². The van der Waals surface area contributed by atoms with Gasteiger partial charge in [0.2, 0.25) is 0 Å². The van der Waals surface area contributed by atoms with Crippen LogP contribution >= 0.6 is 0 Å². The maximum atomic E-state index is 4.06. The highest BCUT2D eigenvalue weighted by Crippen LogP contribution is 2.09. The molecule has 0 aliphatic heterocycles. The van der Waals surface area contributed by atoms with Crippen LogP contribution in [-0.4, -0.2) is 19.1 Å². The number of hydrogen-bond donors (Lipinski definition) is 0. The highest BCUT2D eigenvalue weighted by molar-refractivity contribution is 5.43. The van der Waals surface area contributed by atoms with E-state index in [1.165, 1.54) is 5.56 Å². The lowest BCUT2D eigenvalue weighted by atomic mass is 10.3. The Morgan fingerprint density at radius 1 is 1.30 bits per heavy atom. The van der Waals surface area contributed by atoms with E-state index < -0.39 is 0 Å². The fraction of sp³-hybridized carbons (Fsp3) is 0.375. The lowest BCUT2D eigenvalue weighted by molar-refractivity contribution is 1.10. The van der Waals surface area contributed by atoms with Crippen LogP contribution < -0.4 is 4.90 Å². The van der Waals surface area contributed by atoms with Crippen LogP contribution in [0, 0.1) is 6.92 Å². The van der Waals surface area contributed by atoms with Gasteiger partial charge in [-0.15, -0.1) is 0 Å². The molecule has 0 aliphatic carbocycles. The summed E-state index contributed by atoms with van der Waals surface area (Å²) in [6.45, 7) is 2.04. The van der Waals surface area contributed by atoms with Crippen molar-refractivity contribution in [3.05, 3.63) is 24.0 Å². The number of anilines is 1. The second-order valence-electron chi connectivity index (χ2n) is 2.61. The quantitative estimate of drug-likeness (QED) is 0.581. The van der Waals surface area contributed by atoms with Gasteiger partial charge in [0.05, 0.1) is 11.9 Å². The van der Waals surface area contributed by atoms with Crippen LogP contribution in [0.4, 0.5) is 5.69 Å². The van der Waals surface area contributed by atoms with Gasteiger partial charge in [0.15, 0.2) is 0 Å². The van der Waals surface area contributed by atoms with Crippen LogP contribution in [0.5, 0.6) is 0 Å². The molecule has 0 fully saturated rings. The van der Waals surface area contributed by atoms with E-state index in [1.807, 2.05) is 38.3 Å². The van der Waals surface area contributed by atoms with Gasteiger partial charge in [-0.25, -0.2) is 0 Å². The first-order chi connectivity index (χ1) is 4.70. The fourth-order valence-corrected chi connectivity index (χ4v) is 0.784. The molecular formula is C8H12N2. The van der Waals surface area contributed by atoms with Gasteiger partial charge in [-0.3, -0.25) is 4.98 Å². The summed E-state index contributed by atoms with van der Waals surface area (Å²) in [5.41, 5.74) is 2.35. The van der Waals surface area contributed by atoms with Crippen molar-refractivity contribution >= 4 is 5.69 Å². The van der Waals surface area contributed by atoms with Crippen LogP contribution in [0.15, 0.2) is 18.5 Å². The molecule has 0 bridgehead atoms. The van der Waals surface area contributed by atoms with Gasteiger partial charge in [-0.1, -0.05) is 0 Å². The summed E-state index contributed by atoms with van der Waals surface area (Å²) in [7, 11) is 4.02. The molecule has 0 N–H and O–H groups in total. The van der Waals surface area contributed by atoms with Gasteiger partial charge in [0.1, 0.15) is 0 Å². The Bertz CT molecular complexity index is 218. The third kappa shape index (κ3) is 1.47. The van der Waals surface area contributed by atoms with Gasteiger partial charge in [0, 0.05) is 20.3 Å². The molecule has 1 heterocycles. The van der Waals surface area contributed by atoms with Gasteiger partial charge in [0.25, 0.3) is 0 Å². The fourth-order valence-electron chi connectivity index (χ4n) is 0.784. The third-order valence-corrected chi connectivity index (χ3v) is 1.38. The van der Waals surface area contributed by atoms with E-state index in [0.717, 1.165) is 5.69 Å². The molecule has 1 aromatic heterocycles. The van der Waals surface area contributed by atoms with Crippen LogP contribution in [-0.2, 0) is 0 Å². The predicted octanol–water partition coefficient (Wildman–Crippen LogP) is 1.46. The van der Waals surface area contributed by atoms with Gasteiger partial charge < -0.3 is 4.90 Å². The average molecular weight is 136 g/mol. The Morgan fingerprint density at radius 3 is 2.40 bits per heavy atom. The smallest absolute Gasteiger partial charge is 0.0550 e. The molecule has 0 radical (unpaired) electrons. The monoisotopic (exact) mass is 136 g/mol. The summed E-state index contributed by atoms with van der Waals surface area (Å²) in [5, 5.41) is 0. The summed E-state index contributed by atoms with van der Waals surface area (Å²) >= 11 is 0. The molecule has 0 unspecified atom stereocenters. The molecular weight excluding hydrogens is 124 g/mol. The first-order valence-electron chi connectivity index (χ1n) is 3.29. The van der Waals surface area contributed by atoms with E-state index in [0.29, 0.717) is 0 Å². The molecule has 1 rings (SSSR count). The zero-order valence-electron chi connectivity index (χ0n) is 6.63. The third-order valence-electron chi connectivity index (χ3n) is 1.38. The van der Waals surface area contributed by atoms with Crippen LogP contribution in [0.3, 0.4) is 0 Å². The number of rotatable bonds is 1. The zero-order valence-corrected chi connectivity index (χ0v) is 6.63. The van der Waals surface area contributed by atoms with Gasteiger partial charge >= 0.3 is 0 Å². The van der Waals surface area contributed by atoms with E-state index in [4.69, 9.17) is 0 Å². The Kier molecular flexibility index (Phi) is 1.90. The van der Waals surface area contributed by atoms with Crippen molar-refractivity contribution in [3.8, 4) is 0 Å². The van der Waals surface area contributed by atoms with Crippen molar-refractivity contribution in [2.45, 2.75) is 6.92 Å². The average Bonchev–Trinajstić information content (AvgIpc) is 1.88. The molecule has 0 aliphatic rings. The van der Waals surface area contributed by atoms with E-state index in [9.17, 15) is 0 Å². The number of aromatic nitrogens is 1. The maximum Gasteiger partial charge on any atom is 0.0550 e. The molecule has 2 heteroatoms. The normalized spacial score (nSPS) is 9.50. The second-order valence-corrected chi connectivity index (χ2v) is 2.61. The number of nitrogens with zero attached hydrogens (tertiary/aromatic N) is 2. The molecule has 0 saturated heterocycles. The molecule has 2 nitrogen and oxygen atoms in total. The zero-order chi connectivity index (χ0) is 7.56. The Hall–Kier alpha value is -1.05. The minimum absolute atomic E-state index is 1.15. The maximum absolute atomic E-state index is 4.06. The molecule has 0 atom stereocenters. The van der Waals surface area contributed by atoms with Crippen LogP contribution in [0.25, 0.3) is 0 Å². The minimum Gasteiger partial charge on any atom is -0.376 e. The minimum atomic E-state index is 1.15. The summed E-state index contributed by atoms with van der Waals surface area (Å²) in [5.74, 6) is 0. The lowest BCUT2D eigenvalue weighted by Crippen LogP contribution is -2.08. The number of hydrogen-bond acceptors (Lipinski definition) is 2. The topological polar surface area (TPSA) is 16.1 Å². The first kappa shape index (κ1) is 7.06. The number of aryl methyl sites for hydroxylation is 1. The number of pyridine rings is 1. The Labute approximate surface area is 61.5 Å². The summed E-state index contributed by atoms with van der Waals surface area (Å²) < 4.78 is 0. The van der Waals surface area contributed by atoms with Gasteiger partial charge in [-0.05, 0) is 18.6 Å². The first-order valence-corrected chi connectivity index (χ1v) is 3.29. The van der Waals surface area contributed by atoms with Crippen LogP contribution in [0.2, 0.25) is 0 Å². The molecule has 0 amide bonds. The SMILES string of the molecule is Cc1cncc(N(C)C)c1. The lowest BCUT2D eigenvalue weighted by Gasteiger charge is -2.11. The second kappa shape index (κ2) is 2.69. The highest BCUT2D eigenvalue weighted by Gasteiger charge is 1.92. The largest absolute Gasteiger partial charge is 0.376 e. The Morgan fingerprint density at radius 2 is 2.00 bits per heavy atom. The highest BCUT2D eigenvalue weighted by atomic mass is 15.1. The molecule has 0 saturated carbocycles. The molecule has 10 heavy (non-hydrogen) atoms. The van der Waals surface area contributed by atoms with Crippen molar-refractivity contribution in [1.29, 1.82) is 0 Å². The van der Waals surface area contributed by atoms with Crippen molar-refractivity contribution in [2.75, 3.05) is 19.0 Å². The van der Waals surface area contributed by atoms with Crippen molar-refractivity contribution in [2.24, 2.45) is 0 Å².